The standard InChI is InChI=1S/C15H13Cl3O/c16-12-3-1-2-10(6-12)7-14(19)9-11-8-13(17)4-5-15(11)18/h1-6,8,14,19H,7,9H2. The Morgan fingerprint density at radius 2 is 1.63 bits per heavy atom. The van der Waals surface area contributed by atoms with Crippen LogP contribution >= 0.6 is 34.8 Å². The van der Waals surface area contributed by atoms with E-state index >= 15 is 0 Å². The molecule has 2 rings (SSSR count). The first-order chi connectivity index (χ1) is 9.04. The fraction of sp³-hybridized carbons (Fsp3) is 0.200. The van der Waals surface area contributed by atoms with E-state index in [0.29, 0.717) is 27.9 Å². The highest BCUT2D eigenvalue weighted by atomic mass is 35.5. The van der Waals surface area contributed by atoms with E-state index in [1.165, 1.54) is 0 Å². The Morgan fingerprint density at radius 3 is 2.37 bits per heavy atom. The maximum Gasteiger partial charge on any atom is 0.0621 e. The van der Waals surface area contributed by atoms with Crippen molar-refractivity contribution in [2.45, 2.75) is 18.9 Å². The summed E-state index contributed by atoms with van der Waals surface area (Å²) in [7, 11) is 0. The second-order valence-electron chi connectivity index (χ2n) is 4.43. The molecule has 0 bridgehead atoms. The average Bonchev–Trinajstić information content (AvgIpc) is 2.34. The first kappa shape index (κ1) is 14.7. The molecule has 2 aromatic rings. The average molecular weight is 316 g/mol. The molecular formula is C15H13Cl3O. The minimum absolute atomic E-state index is 0.464. The highest BCUT2D eigenvalue weighted by molar-refractivity contribution is 6.33. The summed E-state index contributed by atoms with van der Waals surface area (Å²) in [6, 6.07) is 12.7. The van der Waals surface area contributed by atoms with Gasteiger partial charge in [0.25, 0.3) is 0 Å². The monoisotopic (exact) mass is 314 g/mol. The van der Waals surface area contributed by atoms with Gasteiger partial charge in [-0.05, 0) is 47.9 Å². The van der Waals surface area contributed by atoms with Gasteiger partial charge >= 0.3 is 0 Å². The Kier molecular flexibility index (Phi) is 5.12. The van der Waals surface area contributed by atoms with Crippen LogP contribution < -0.4 is 0 Å². The lowest BCUT2D eigenvalue weighted by atomic mass is 10.0. The van der Waals surface area contributed by atoms with Crippen LogP contribution in [-0.2, 0) is 12.8 Å². The molecule has 4 heteroatoms. The molecule has 2 aromatic carbocycles. The molecule has 0 spiro atoms. The number of benzene rings is 2. The van der Waals surface area contributed by atoms with Gasteiger partial charge in [-0.15, -0.1) is 0 Å². The molecule has 0 saturated heterocycles. The molecule has 0 amide bonds. The van der Waals surface area contributed by atoms with E-state index in [1.807, 2.05) is 24.3 Å². The van der Waals surface area contributed by atoms with E-state index in [9.17, 15) is 5.11 Å². The van der Waals surface area contributed by atoms with Gasteiger partial charge in [-0.1, -0.05) is 46.9 Å². The van der Waals surface area contributed by atoms with E-state index in [4.69, 9.17) is 34.8 Å². The van der Waals surface area contributed by atoms with Crippen molar-refractivity contribution in [1.82, 2.24) is 0 Å². The Bertz CT molecular complexity index is 569. The zero-order valence-electron chi connectivity index (χ0n) is 10.1. The molecule has 0 fully saturated rings. The Hall–Kier alpha value is -0.730. The van der Waals surface area contributed by atoms with Crippen molar-refractivity contribution in [3.8, 4) is 0 Å². The minimum Gasteiger partial charge on any atom is -0.392 e. The third-order valence-corrected chi connectivity index (χ3v) is 3.66. The van der Waals surface area contributed by atoms with Gasteiger partial charge in [0, 0.05) is 21.5 Å². The smallest absolute Gasteiger partial charge is 0.0621 e. The quantitative estimate of drug-likeness (QED) is 0.860. The molecule has 19 heavy (non-hydrogen) atoms. The van der Waals surface area contributed by atoms with Crippen LogP contribution in [0.3, 0.4) is 0 Å². The fourth-order valence-electron chi connectivity index (χ4n) is 1.96. The summed E-state index contributed by atoms with van der Waals surface area (Å²) in [5.74, 6) is 0. The summed E-state index contributed by atoms with van der Waals surface area (Å²) in [6.07, 6.45) is 0.476. The van der Waals surface area contributed by atoms with Crippen molar-refractivity contribution >= 4 is 34.8 Å². The molecule has 1 nitrogen and oxygen atoms in total. The van der Waals surface area contributed by atoms with E-state index in [1.54, 1.807) is 18.2 Å². The fourth-order valence-corrected chi connectivity index (χ4v) is 2.56. The van der Waals surface area contributed by atoms with Gasteiger partial charge in [0.15, 0.2) is 0 Å². The van der Waals surface area contributed by atoms with Crippen LogP contribution in [0.25, 0.3) is 0 Å². The molecule has 1 N–H and O–H groups in total. The van der Waals surface area contributed by atoms with Crippen molar-refractivity contribution in [3.63, 3.8) is 0 Å². The minimum atomic E-state index is -0.519. The number of aliphatic hydroxyl groups excluding tert-OH is 1. The van der Waals surface area contributed by atoms with E-state index < -0.39 is 6.10 Å². The topological polar surface area (TPSA) is 20.2 Å². The lowest BCUT2D eigenvalue weighted by Gasteiger charge is -2.12. The first-order valence-electron chi connectivity index (χ1n) is 5.91. The zero-order valence-corrected chi connectivity index (χ0v) is 12.4. The zero-order chi connectivity index (χ0) is 13.8. The van der Waals surface area contributed by atoms with Crippen molar-refractivity contribution in [2.24, 2.45) is 0 Å². The van der Waals surface area contributed by atoms with Crippen molar-refractivity contribution in [3.05, 3.63) is 68.7 Å². The predicted octanol–water partition coefficient (Wildman–Crippen LogP) is 4.79. The number of rotatable bonds is 4. The second kappa shape index (κ2) is 6.62. The lowest BCUT2D eigenvalue weighted by molar-refractivity contribution is 0.175. The molecule has 0 aliphatic heterocycles. The van der Waals surface area contributed by atoms with Crippen LogP contribution in [0.15, 0.2) is 42.5 Å². The first-order valence-corrected chi connectivity index (χ1v) is 7.04. The Balaban J connectivity index is 2.05. The van der Waals surface area contributed by atoms with Crippen molar-refractivity contribution in [2.75, 3.05) is 0 Å². The summed E-state index contributed by atoms with van der Waals surface area (Å²) >= 11 is 17.9. The van der Waals surface area contributed by atoms with Crippen LogP contribution in [0.1, 0.15) is 11.1 Å². The largest absolute Gasteiger partial charge is 0.392 e. The van der Waals surface area contributed by atoms with E-state index in [0.717, 1.165) is 11.1 Å². The van der Waals surface area contributed by atoms with Gasteiger partial charge in [0.2, 0.25) is 0 Å². The molecule has 0 aliphatic carbocycles. The number of hydrogen-bond acceptors (Lipinski definition) is 1. The van der Waals surface area contributed by atoms with Crippen LogP contribution in [0, 0.1) is 0 Å². The summed E-state index contributed by atoms with van der Waals surface area (Å²) in [5, 5.41) is 12.0. The molecule has 0 heterocycles. The number of aliphatic hydroxyl groups is 1. The molecule has 0 saturated carbocycles. The molecule has 1 atom stereocenters. The molecule has 0 aromatic heterocycles. The maximum absolute atomic E-state index is 10.1. The molecule has 0 aliphatic rings. The summed E-state index contributed by atoms with van der Waals surface area (Å²) in [5.41, 5.74) is 1.85. The van der Waals surface area contributed by atoms with E-state index in [2.05, 4.69) is 0 Å². The number of halogens is 3. The molecule has 1 unspecified atom stereocenters. The van der Waals surface area contributed by atoms with E-state index in [-0.39, 0.29) is 0 Å². The SMILES string of the molecule is OC(Cc1cccc(Cl)c1)Cc1cc(Cl)ccc1Cl. The van der Waals surface area contributed by atoms with Gasteiger partial charge < -0.3 is 5.11 Å². The summed E-state index contributed by atoms with van der Waals surface area (Å²) in [4.78, 5) is 0. The highest BCUT2D eigenvalue weighted by Crippen LogP contribution is 2.23. The van der Waals surface area contributed by atoms with Gasteiger partial charge in [0.05, 0.1) is 6.10 Å². The molecule has 100 valence electrons. The Labute approximate surface area is 127 Å². The van der Waals surface area contributed by atoms with Gasteiger partial charge in [0.1, 0.15) is 0 Å². The van der Waals surface area contributed by atoms with Crippen LogP contribution in [0.5, 0.6) is 0 Å². The maximum atomic E-state index is 10.1. The van der Waals surface area contributed by atoms with Crippen molar-refractivity contribution in [1.29, 1.82) is 0 Å². The normalized spacial score (nSPS) is 12.4. The summed E-state index contributed by atoms with van der Waals surface area (Å²) < 4.78 is 0. The van der Waals surface area contributed by atoms with Crippen LogP contribution in [0.2, 0.25) is 15.1 Å². The highest BCUT2D eigenvalue weighted by Gasteiger charge is 2.10. The third-order valence-electron chi connectivity index (χ3n) is 2.82. The summed E-state index contributed by atoms with van der Waals surface area (Å²) in [6.45, 7) is 0. The third kappa shape index (κ3) is 4.39. The van der Waals surface area contributed by atoms with Gasteiger partial charge in [-0.25, -0.2) is 0 Å². The van der Waals surface area contributed by atoms with Crippen molar-refractivity contribution < 1.29 is 5.11 Å². The van der Waals surface area contributed by atoms with Gasteiger partial charge in [-0.2, -0.15) is 0 Å². The van der Waals surface area contributed by atoms with Crippen LogP contribution in [-0.4, -0.2) is 11.2 Å². The molecule has 0 radical (unpaired) electrons. The Morgan fingerprint density at radius 1 is 0.895 bits per heavy atom. The molecular weight excluding hydrogens is 303 g/mol. The second-order valence-corrected chi connectivity index (χ2v) is 5.71. The predicted molar refractivity (Wildman–Crippen MR) is 81.3 cm³/mol. The van der Waals surface area contributed by atoms with Crippen LogP contribution in [0.4, 0.5) is 0 Å². The lowest BCUT2D eigenvalue weighted by Crippen LogP contribution is -2.14. The number of hydrogen-bond donors (Lipinski definition) is 1. The van der Waals surface area contributed by atoms with Gasteiger partial charge in [-0.3, -0.25) is 0 Å².